The number of allylic oxidation sites excluding steroid dienone is 20. The summed E-state index contributed by atoms with van der Waals surface area (Å²) in [7, 11) is 0. The van der Waals surface area contributed by atoms with Gasteiger partial charge in [0.1, 0.15) is 73.2 Å². The lowest BCUT2D eigenvalue weighted by molar-refractivity contribution is -0.379. The van der Waals surface area contributed by atoms with Gasteiger partial charge >= 0.3 is 0 Å². The zero-order valence-corrected chi connectivity index (χ0v) is 62.5. The van der Waals surface area contributed by atoms with E-state index in [2.05, 4.69) is 141 Å². The van der Waals surface area contributed by atoms with Gasteiger partial charge < -0.3 is 89.9 Å². The molecule has 17 atom stereocenters. The third-order valence-corrected chi connectivity index (χ3v) is 19.1. The SMILES string of the molecule is CC/C=C\C/C=C\C/C=C\C/C=C\C/C=C\C/C=C\C/C=C\C/C=C\C/C=C\C/C=C\CCCCCCCCC(=O)NC(COC1OC(CO)C(OC2OC(CO)C(OC3OC(CO)C(O)C(O)C3O)C(O)C2O)C(O)C1O)C(O)CCCCCCCCCCCCCCCCCCCCCC. The molecule has 102 heavy (non-hydrogen) atoms. The Hall–Kier alpha value is -3.81. The van der Waals surface area contributed by atoms with Gasteiger partial charge in [-0.15, -0.1) is 0 Å². The molecule has 3 saturated heterocycles. The Morgan fingerprint density at radius 2 is 0.676 bits per heavy atom. The van der Waals surface area contributed by atoms with E-state index in [1.54, 1.807) is 0 Å². The van der Waals surface area contributed by atoms with Crippen LogP contribution in [0.15, 0.2) is 122 Å². The van der Waals surface area contributed by atoms with Crippen molar-refractivity contribution in [2.24, 2.45) is 0 Å². The maximum absolute atomic E-state index is 13.5. The van der Waals surface area contributed by atoms with Crippen LogP contribution in [0.2, 0.25) is 0 Å². The molecule has 3 fully saturated rings. The topological polar surface area (TPSA) is 307 Å². The molecule has 0 radical (unpaired) electrons. The monoisotopic (exact) mass is 1440 g/mol. The van der Waals surface area contributed by atoms with Gasteiger partial charge in [0.25, 0.3) is 0 Å². The maximum Gasteiger partial charge on any atom is 0.220 e. The van der Waals surface area contributed by atoms with E-state index in [0.717, 1.165) is 128 Å². The molecule has 3 heterocycles. The third kappa shape index (κ3) is 41.9. The molecule has 0 aromatic rings. The van der Waals surface area contributed by atoms with Gasteiger partial charge in [0.2, 0.25) is 5.91 Å². The van der Waals surface area contributed by atoms with Gasteiger partial charge in [-0.25, -0.2) is 0 Å². The highest BCUT2D eigenvalue weighted by Gasteiger charge is 2.54. The lowest BCUT2D eigenvalue weighted by atomic mass is 9.96. The highest BCUT2D eigenvalue weighted by molar-refractivity contribution is 5.76. The quantitative estimate of drug-likeness (QED) is 0.0199. The lowest BCUT2D eigenvalue weighted by Gasteiger charge is -2.48. The number of carbonyl (C=O) groups excluding carboxylic acids is 1. The van der Waals surface area contributed by atoms with Gasteiger partial charge in [0, 0.05) is 6.42 Å². The van der Waals surface area contributed by atoms with E-state index in [1.165, 1.54) is 103 Å². The summed E-state index contributed by atoms with van der Waals surface area (Å²) in [6.45, 7) is 1.68. The average Bonchev–Trinajstić information content (AvgIpc) is 0.778. The van der Waals surface area contributed by atoms with Crippen LogP contribution in [-0.4, -0.2) is 193 Å². The third-order valence-electron chi connectivity index (χ3n) is 19.1. The number of hydrogen-bond acceptors (Lipinski definition) is 18. The normalized spacial score (nSPS) is 26.9. The Kier molecular flexibility index (Phi) is 56.4. The van der Waals surface area contributed by atoms with Crippen molar-refractivity contribution in [3.63, 3.8) is 0 Å². The molecular formula is C83H141NO18. The Labute approximate surface area is 614 Å². The first kappa shape index (κ1) is 92.4. The van der Waals surface area contributed by atoms with E-state index >= 15 is 0 Å². The predicted octanol–water partition coefficient (Wildman–Crippen LogP) is 13.1. The molecular weight excluding hydrogens is 1300 g/mol. The van der Waals surface area contributed by atoms with Gasteiger partial charge in [-0.1, -0.05) is 289 Å². The van der Waals surface area contributed by atoms with E-state index in [4.69, 9.17) is 28.4 Å². The number of ether oxygens (including phenoxy) is 6. The second kappa shape index (κ2) is 62.3. The number of amides is 1. The minimum atomic E-state index is -1.98. The molecule has 17 unspecified atom stereocenters. The van der Waals surface area contributed by atoms with Crippen molar-refractivity contribution in [3.05, 3.63) is 122 Å². The minimum absolute atomic E-state index is 0.242. The summed E-state index contributed by atoms with van der Waals surface area (Å²) in [5.74, 6) is -0.260. The molecule has 19 nitrogen and oxygen atoms in total. The average molecular weight is 1440 g/mol. The molecule has 0 aliphatic carbocycles. The van der Waals surface area contributed by atoms with Crippen LogP contribution in [0.5, 0.6) is 0 Å². The molecule has 0 aromatic heterocycles. The van der Waals surface area contributed by atoms with Crippen LogP contribution in [0.3, 0.4) is 0 Å². The van der Waals surface area contributed by atoms with E-state index in [1.807, 2.05) is 0 Å². The smallest absolute Gasteiger partial charge is 0.220 e. The molecule has 0 saturated carbocycles. The Bertz CT molecular complexity index is 2320. The Balaban J connectivity index is 1.37. The number of hydrogen-bond donors (Lipinski definition) is 12. The van der Waals surface area contributed by atoms with Gasteiger partial charge in [-0.2, -0.15) is 0 Å². The van der Waals surface area contributed by atoms with E-state index < -0.39 is 124 Å². The zero-order chi connectivity index (χ0) is 73.9. The van der Waals surface area contributed by atoms with Crippen LogP contribution >= 0.6 is 0 Å². The molecule has 12 N–H and O–H groups in total. The summed E-state index contributed by atoms with van der Waals surface area (Å²) < 4.78 is 34.5. The summed E-state index contributed by atoms with van der Waals surface area (Å²) in [5.41, 5.74) is 0. The van der Waals surface area contributed by atoms with Crippen LogP contribution in [0.25, 0.3) is 0 Å². The molecule has 0 aromatic carbocycles. The van der Waals surface area contributed by atoms with Crippen molar-refractivity contribution < 1.29 is 89.4 Å². The van der Waals surface area contributed by atoms with Crippen molar-refractivity contribution in [3.8, 4) is 0 Å². The second-order valence-corrected chi connectivity index (χ2v) is 27.8. The van der Waals surface area contributed by atoms with Crippen LogP contribution < -0.4 is 5.32 Å². The molecule has 3 aliphatic heterocycles. The molecule has 586 valence electrons. The van der Waals surface area contributed by atoms with Gasteiger partial charge in [-0.3, -0.25) is 4.79 Å². The maximum atomic E-state index is 13.5. The highest BCUT2D eigenvalue weighted by Crippen LogP contribution is 2.33. The Morgan fingerprint density at radius 3 is 1.06 bits per heavy atom. The summed E-state index contributed by atoms with van der Waals surface area (Å²) in [6.07, 6.45) is 59.8. The number of aliphatic hydroxyl groups is 11. The molecule has 3 aliphatic rings. The van der Waals surface area contributed by atoms with E-state index in [-0.39, 0.29) is 18.9 Å². The van der Waals surface area contributed by atoms with Crippen molar-refractivity contribution in [1.29, 1.82) is 0 Å². The number of nitrogens with one attached hydrogen (secondary N) is 1. The van der Waals surface area contributed by atoms with Crippen molar-refractivity contribution in [1.82, 2.24) is 5.32 Å². The molecule has 19 heteroatoms. The number of unbranched alkanes of at least 4 members (excludes halogenated alkanes) is 25. The van der Waals surface area contributed by atoms with Gasteiger partial charge in [0.15, 0.2) is 18.9 Å². The molecule has 0 bridgehead atoms. The van der Waals surface area contributed by atoms with Crippen molar-refractivity contribution in [2.75, 3.05) is 26.4 Å². The first-order valence-corrected chi connectivity index (χ1v) is 39.8. The standard InChI is InChI=1S/C83H141NO18/c1-3-5-7-9-11-13-15-17-19-21-23-25-26-27-28-29-30-31-32-33-34-35-36-37-38-39-40-41-43-45-47-49-51-53-55-57-59-61-71(89)84-66(67(88)60-58-56-54-52-50-48-46-44-42-24-22-20-18-16-14-12-10-8-6-4-2)65-97-81-77(95)74(92)79(69(63-86)99-81)102-83-78(96)75(93)80(70(64-87)100-83)101-82-76(94)73(91)72(90)68(62-85)98-82/h5,7,11,13,17,19,23,25,27-28,30-31,33-34,36-37,39-40,43,45,66-70,72-83,85-88,90-96H,3-4,6,8-10,12,14-16,18,20-22,24,26,29,32,35,38,41-42,44,46-65H2,1-2H3,(H,84,89)/b7-5-,13-11-,19-17-,25-23-,28-27-,31-30-,34-33-,37-36-,40-39-,45-43-. The first-order chi connectivity index (χ1) is 49.8. The fourth-order valence-electron chi connectivity index (χ4n) is 12.7. The van der Waals surface area contributed by atoms with Crippen LogP contribution in [-0.2, 0) is 33.2 Å². The fraction of sp³-hybridized carbons (Fsp3) is 0.747. The molecule has 0 spiro atoms. The highest BCUT2D eigenvalue weighted by atomic mass is 16.8. The fourth-order valence-corrected chi connectivity index (χ4v) is 12.7. The Morgan fingerprint density at radius 1 is 0.363 bits per heavy atom. The zero-order valence-electron chi connectivity index (χ0n) is 62.5. The van der Waals surface area contributed by atoms with Crippen LogP contribution in [0, 0.1) is 0 Å². The first-order valence-electron chi connectivity index (χ1n) is 39.8. The van der Waals surface area contributed by atoms with Gasteiger partial charge in [0.05, 0.1) is 38.6 Å². The van der Waals surface area contributed by atoms with E-state index in [0.29, 0.717) is 12.8 Å². The summed E-state index contributed by atoms with van der Waals surface area (Å²) in [6, 6.07) is -0.905. The summed E-state index contributed by atoms with van der Waals surface area (Å²) in [4.78, 5) is 13.5. The van der Waals surface area contributed by atoms with Crippen molar-refractivity contribution in [2.45, 2.75) is 369 Å². The largest absolute Gasteiger partial charge is 0.394 e. The number of rotatable bonds is 61. The van der Waals surface area contributed by atoms with Crippen LogP contribution in [0.4, 0.5) is 0 Å². The van der Waals surface area contributed by atoms with Crippen molar-refractivity contribution >= 4 is 5.91 Å². The second-order valence-electron chi connectivity index (χ2n) is 27.8. The van der Waals surface area contributed by atoms with Gasteiger partial charge in [-0.05, 0) is 89.9 Å². The predicted molar refractivity (Wildman–Crippen MR) is 406 cm³/mol. The summed E-state index contributed by atoms with van der Waals surface area (Å²) >= 11 is 0. The van der Waals surface area contributed by atoms with E-state index in [9.17, 15) is 61.0 Å². The lowest BCUT2D eigenvalue weighted by Crippen LogP contribution is -2.66. The minimum Gasteiger partial charge on any atom is -0.394 e. The molecule has 3 rings (SSSR count). The number of aliphatic hydroxyl groups excluding tert-OH is 11. The van der Waals surface area contributed by atoms with Crippen LogP contribution in [0.1, 0.15) is 264 Å². The molecule has 1 amide bonds. The summed E-state index contributed by atoms with van der Waals surface area (Å²) in [5, 5.41) is 121. The number of carbonyl (C=O) groups is 1.